The third-order valence-electron chi connectivity index (χ3n) is 4.88. The van der Waals surface area contributed by atoms with E-state index < -0.39 is 9.84 Å². The molecule has 8 heteroatoms. The lowest BCUT2D eigenvalue weighted by molar-refractivity contribution is 0.223. The van der Waals surface area contributed by atoms with Gasteiger partial charge in [0.25, 0.3) is 0 Å². The summed E-state index contributed by atoms with van der Waals surface area (Å²) in [6.07, 6.45) is 4.39. The van der Waals surface area contributed by atoms with Gasteiger partial charge in [0.2, 0.25) is 5.96 Å². The molecule has 1 fully saturated rings. The molecule has 1 saturated heterocycles. The van der Waals surface area contributed by atoms with Gasteiger partial charge in [-0.2, -0.15) is 0 Å². The number of piperazine rings is 1. The molecule has 1 aromatic rings. The molecule has 1 unspecified atom stereocenters. The minimum atomic E-state index is -3.42. The molecule has 1 aromatic carbocycles. The number of guanidine groups is 1. The highest BCUT2D eigenvalue weighted by Gasteiger charge is 2.31. The second-order valence-corrected chi connectivity index (χ2v) is 9.16. The first-order valence-corrected chi connectivity index (χ1v) is 11.2. The smallest absolute Gasteiger partial charge is 0.225 e. The van der Waals surface area contributed by atoms with Crippen LogP contribution in [0, 0.1) is 5.92 Å². The van der Waals surface area contributed by atoms with Gasteiger partial charge in [-0.05, 0) is 30.5 Å². The minimum Gasteiger partial charge on any atom is -0.392 e. The minimum absolute atomic E-state index is 0.162. The summed E-state index contributed by atoms with van der Waals surface area (Å²) in [7, 11) is -3.42. The molecule has 0 aliphatic carbocycles. The summed E-state index contributed by atoms with van der Waals surface area (Å²) in [5.41, 5.74) is 1.26. The Bertz CT molecular complexity index is 862. The molecule has 2 rings (SSSR count). The Hall–Kier alpha value is -2.19. The standard InChI is InChI=1S/C20H30N4O3S/c1-6-21-20(22-7-2)24-11-10-23(13-18(24)15(3)4)17-9-8-16(14-25)19(12-17)28(5,26)27/h6-9,12,15,18,25H,1,10-11,13-14H2,2-5H3/b21-20+,22-7-. The molecule has 0 radical (unpaired) electrons. The monoisotopic (exact) mass is 406 g/mol. The Labute approximate surface area is 168 Å². The summed E-state index contributed by atoms with van der Waals surface area (Å²) in [6.45, 7) is 11.7. The van der Waals surface area contributed by atoms with Crippen LogP contribution in [0.3, 0.4) is 0 Å². The molecule has 154 valence electrons. The van der Waals surface area contributed by atoms with Gasteiger partial charge in [0.15, 0.2) is 9.84 Å². The van der Waals surface area contributed by atoms with E-state index in [4.69, 9.17) is 0 Å². The van der Waals surface area contributed by atoms with Gasteiger partial charge < -0.3 is 14.9 Å². The molecule has 0 aromatic heterocycles. The average molecular weight is 407 g/mol. The SMILES string of the molecule is C=C/N=C(\N=C/C)N1CCN(c2ccc(CO)c(S(C)(=O)=O)c2)CC1C(C)C. The fourth-order valence-electron chi connectivity index (χ4n) is 3.46. The fraction of sp³-hybridized carbons (Fsp3) is 0.500. The van der Waals surface area contributed by atoms with Crippen LogP contribution in [-0.2, 0) is 16.4 Å². The van der Waals surface area contributed by atoms with Crippen molar-refractivity contribution in [2.45, 2.75) is 38.3 Å². The van der Waals surface area contributed by atoms with E-state index in [1.807, 2.05) is 13.0 Å². The number of aliphatic hydroxyl groups is 1. The maximum Gasteiger partial charge on any atom is 0.225 e. The highest BCUT2D eigenvalue weighted by Crippen LogP contribution is 2.27. The van der Waals surface area contributed by atoms with Crippen molar-refractivity contribution in [3.8, 4) is 0 Å². The number of hydrogen-bond acceptors (Lipinski definition) is 5. The third-order valence-corrected chi connectivity index (χ3v) is 6.06. The van der Waals surface area contributed by atoms with Gasteiger partial charge in [-0.15, -0.1) is 0 Å². The van der Waals surface area contributed by atoms with Gasteiger partial charge in [0, 0.05) is 44.0 Å². The molecule has 1 atom stereocenters. The van der Waals surface area contributed by atoms with Gasteiger partial charge in [0.1, 0.15) is 0 Å². The van der Waals surface area contributed by atoms with E-state index in [-0.39, 0.29) is 17.5 Å². The zero-order valence-corrected chi connectivity index (χ0v) is 17.9. The summed E-state index contributed by atoms with van der Waals surface area (Å²) >= 11 is 0. The number of sulfone groups is 1. The summed E-state index contributed by atoms with van der Waals surface area (Å²) in [4.78, 5) is 13.3. The van der Waals surface area contributed by atoms with Crippen LogP contribution in [0.15, 0.2) is 45.9 Å². The molecule has 1 aliphatic heterocycles. The number of aliphatic imine (C=N–C) groups is 2. The van der Waals surface area contributed by atoms with Crippen molar-refractivity contribution in [2.75, 3.05) is 30.8 Å². The van der Waals surface area contributed by atoms with E-state index >= 15 is 0 Å². The van der Waals surface area contributed by atoms with E-state index in [0.29, 0.717) is 30.5 Å². The largest absolute Gasteiger partial charge is 0.392 e. The predicted molar refractivity (Wildman–Crippen MR) is 115 cm³/mol. The number of rotatable bonds is 5. The second kappa shape index (κ2) is 9.34. The first-order valence-electron chi connectivity index (χ1n) is 9.35. The number of aliphatic hydroxyl groups excluding tert-OH is 1. The summed E-state index contributed by atoms with van der Waals surface area (Å²) in [5, 5.41) is 9.48. The molecular weight excluding hydrogens is 376 g/mol. The maximum atomic E-state index is 12.1. The van der Waals surface area contributed by atoms with Crippen LogP contribution in [0.5, 0.6) is 0 Å². The Morgan fingerprint density at radius 3 is 2.64 bits per heavy atom. The summed E-state index contributed by atoms with van der Waals surface area (Å²) < 4.78 is 24.3. The maximum absolute atomic E-state index is 12.1. The average Bonchev–Trinajstić information content (AvgIpc) is 2.66. The van der Waals surface area contributed by atoms with E-state index in [9.17, 15) is 13.5 Å². The number of anilines is 1. The molecule has 1 heterocycles. The first kappa shape index (κ1) is 22.1. The summed E-state index contributed by atoms with van der Waals surface area (Å²) in [6, 6.07) is 5.39. The van der Waals surface area contributed by atoms with Crippen molar-refractivity contribution in [2.24, 2.45) is 15.9 Å². The van der Waals surface area contributed by atoms with Crippen LogP contribution in [0.4, 0.5) is 5.69 Å². The van der Waals surface area contributed by atoms with Gasteiger partial charge in [-0.25, -0.2) is 18.4 Å². The van der Waals surface area contributed by atoms with E-state index in [1.54, 1.807) is 18.3 Å². The van der Waals surface area contributed by atoms with Crippen molar-refractivity contribution in [1.29, 1.82) is 0 Å². The Morgan fingerprint density at radius 1 is 1.39 bits per heavy atom. The molecule has 7 nitrogen and oxygen atoms in total. The fourth-order valence-corrected chi connectivity index (χ4v) is 4.40. The highest BCUT2D eigenvalue weighted by atomic mass is 32.2. The van der Waals surface area contributed by atoms with Crippen molar-refractivity contribution in [3.63, 3.8) is 0 Å². The Balaban J connectivity index is 2.36. The number of hydrogen-bond donors (Lipinski definition) is 1. The van der Waals surface area contributed by atoms with Gasteiger partial charge >= 0.3 is 0 Å². The first-order chi connectivity index (χ1) is 13.2. The lowest BCUT2D eigenvalue weighted by Crippen LogP contribution is -2.57. The lowest BCUT2D eigenvalue weighted by Gasteiger charge is -2.44. The van der Waals surface area contributed by atoms with Gasteiger partial charge in [-0.1, -0.05) is 26.5 Å². The molecule has 28 heavy (non-hydrogen) atoms. The van der Waals surface area contributed by atoms with Gasteiger partial charge in [0.05, 0.1) is 17.5 Å². The lowest BCUT2D eigenvalue weighted by atomic mass is 9.99. The van der Waals surface area contributed by atoms with Crippen LogP contribution in [0.1, 0.15) is 26.3 Å². The highest BCUT2D eigenvalue weighted by molar-refractivity contribution is 7.90. The van der Waals surface area contributed by atoms with Crippen molar-refractivity contribution in [1.82, 2.24) is 4.90 Å². The number of benzene rings is 1. The van der Waals surface area contributed by atoms with E-state index in [0.717, 1.165) is 12.2 Å². The van der Waals surface area contributed by atoms with Crippen LogP contribution in [0.2, 0.25) is 0 Å². The van der Waals surface area contributed by atoms with Gasteiger partial charge in [-0.3, -0.25) is 0 Å². The predicted octanol–water partition coefficient (Wildman–Crippen LogP) is 2.32. The Kier molecular flexibility index (Phi) is 7.37. The quantitative estimate of drug-likeness (QED) is 0.599. The molecule has 0 bridgehead atoms. The second-order valence-electron chi connectivity index (χ2n) is 7.17. The third kappa shape index (κ3) is 4.99. The van der Waals surface area contributed by atoms with E-state index in [1.165, 1.54) is 12.5 Å². The Morgan fingerprint density at radius 2 is 2.11 bits per heavy atom. The molecule has 1 N–H and O–H groups in total. The molecule has 0 spiro atoms. The topological polar surface area (TPSA) is 85.6 Å². The van der Waals surface area contributed by atoms with Crippen LogP contribution < -0.4 is 4.90 Å². The van der Waals surface area contributed by atoms with Crippen LogP contribution >= 0.6 is 0 Å². The van der Waals surface area contributed by atoms with E-state index in [2.05, 4.69) is 40.2 Å². The molecule has 1 aliphatic rings. The molecule has 0 amide bonds. The molecular formula is C20H30N4O3S. The van der Waals surface area contributed by atoms with Crippen LogP contribution in [-0.4, -0.2) is 62.5 Å². The van der Waals surface area contributed by atoms with Crippen molar-refractivity contribution >= 4 is 27.7 Å². The summed E-state index contributed by atoms with van der Waals surface area (Å²) in [5.74, 6) is 0.985. The number of nitrogens with zero attached hydrogens (tertiary/aromatic N) is 4. The molecule has 0 saturated carbocycles. The zero-order chi connectivity index (χ0) is 20.9. The van der Waals surface area contributed by atoms with Crippen LogP contribution in [0.25, 0.3) is 0 Å². The zero-order valence-electron chi connectivity index (χ0n) is 17.0. The van der Waals surface area contributed by atoms with Crippen molar-refractivity contribution in [3.05, 3.63) is 36.5 Å². The van der Waals surface area contributed by atoms with Crippen molar-refractivity contribution < 1.29 is 13.5 Å². The normalized spacial score (nSPS) is 18.9.